The topological polar surface area (TPSA) is 86.6 Å². The zero-order valence-electron chi connectivity index (χ0n) is 19.2. The van der Waals surface area contributed by atoms with E-state index < -0.39 is 0 Å². The Bertz CT molecular complexity index is 1610. The maximum absolute atomic E-state index is 12.8. The number of hydrogen-bond donors (Lipinski definition) is 0. The summed E-state index contributed by atoms with van der Waals surface area (Å²) >= 11 is 6.11. The highest BCUT2D eigenvalue weighted by Gasteiger charge is 2.26. The zero-order valence-corrected chi connectivity index (χ0v) is 19.9. The predicted molar refractivity (Wildman–Crippen MR) is 131 cm³/mol. The number of pyridine rings is 2. The lowest BCUT2D eigenvalue weighted by Gasteiger charge is -2.04. The molecule has 9 heteroatoms. The molecule has 0 unspecified atom stereocenters. The SMILES string of the molecule is CC(=O)c1cc(C2CC2)cn2cc(Cn3cc(C(=O)CCc4ncn5ccc(Cl)cc45)cn3)nc12. The molecule has 1 aliphatic carbocycles. The molecule has 5 aromatic heterocycles. The first-order valence-corrected chi connectivity index (χ1v) is 12.0. The summed E-state index contributed by atoms with van der Waals surface area (Å²) in [6.45, 7) is 1.99. The van der Waals surface area contributed by atoms with Gasteiger partial charge in [0.1, 0.15) is 5.65 Å². The highest BCUT2D eigenvalue weighted by atomic mass is 35.5. The molecular formula is C26H23ClN6O2. The van der Waals surface area contributed by atoms with E-state index in [1.165, 1.54) is 18.4 Å². The van der Waals surface area contributed by atoms with Crippen molar-refractivity contribution in [2.75, 3.05) is 0 Å². The van der Waals surface area contributed by atoms with Crippen molar-refractivity contribution in [3.8, 4) is 0 Å². The van der Waals surface area contributed by atoms with Crippen LogP contribution in [0.15, 0.2) is 55.5 Å². The van der Waals surface area contributed by atoms with Crippen molar-refractivity contribution in [1.29, 1.82) is 0 Å². The first kappa shape index (κ1) is 21.7. The van der Waals surface area contributed by atoms with Crippen molar-refractivity contribution >= 4 is 34.3 Å². The molecule has 1 fully saturated rings. The van der Waals surface area contributed by atoms with Gasteiger partial charge in [-0.05, 0) is 55.9 Å². The van der Waals surface area contributed by atoms with Gasteiger partial charge >= 0.3 is 0 Å². The first-order valence-electron chi connectivity index (χ1n) is 11.6. The van der Waals surface area contributed by atoms with Gasteiger partial charge in [0.05, 0.1) is 47.1 Å². The van der Waals surface area contributed by atoms with Crippen LogP contribution in [0.5, 0.6) is 0 Å². The lowest BCUT2D eigenvalue weighted by atomic mass is 10.1. The fourth-order valence-corrected chi connectivity index (χ4v) is 4.65. The quantitative estimate of drug-likeness (QED) is 0.295. The van der Waals surface area contributed by atoms with Gasteiger partial charge in [0.2, 0.25) is 0 Å². The number of aromatic nitrogens is 6. The van der Waals surface area contributed by atoms with Gasteiger partial charge in [0, 0.05) is 36.2 Å². The summed E-state index contributed by atoms with van der Waals surface area (Å²) < 4.78 is 5.54. The molecule has 35 heavy (non-hydrogen) atoms. The molecule has 0 aliphatic heterocycles. The molecule has 5 aromatic rings. The summed E-state index contributed by atoms with van der Waals surface area (Å²) in [5.41, 5.74) is 5.57. The van der Waals surface area contributed by atoms with Crippen molar-refractivity contribution in [3.63, 3.8) is 0 Å². The highest BCUT2D eigenvalue weighted by Crippen LogP contribution is 2.40. The van der Waals surface area contributed by atoms with Gasteiger partial charge < -0.3 is 8.80 Å². The van der Waals surface area contributed by atoms with Gasteiger partial charge in [-0.15, -0.1) is 0 Å². The number of hydrogen-bond acceptors (Lipinski definition) is 5. The van der Waals surface area contributed by atoms with E-state index in [1.807, 2.05) is 33.3 Å². The van der Waals surface area contributed by atoms with Crippen LogP contribution in [0.1, 0.15) is 69.8 Å². The molecule has 0 N–H and O–H groups in total. The maximum Gasteiger partial charge on any atom is 0.166 e. The summed E-state index contributed by atoms with van der Waals surface area (Å²) in [7, 11) is 0. The van der Waals surface area contributed by atoms with Crippen LogP contribution in [0.3, 0.4) is 0 Å². The van der Waals surface area contributed by atoms with E-state index in [4.69, 9.17) is 11.6 Å². The average Bonchev–Trinajstić information content (AvgIpc) is 3.25. The van der Waals surface area contributed by atoms with Crippen molar-refractivity contribution in [3.05, 3.63) is 88.6 Å². The number of halogens is 1. The molecule has 0 amide bonds. The highest BCUT2D eigenvalue weighted by molar-refractivity contribution is 6.30. The second-order valence-electron chi connectivity index (χ2n) is 9.16. The summed E-state index contributed by atoms with van der Waals surface area (Å²) in [6.07, 6.45) is 14.1. The van der Waals surface area contributed by atoms with E-state index in [-0.39, 0.29) is 11.6 Å². The number of carbonyl (C=O) groups excluding carboxylic acids is 2. The Balaban J connectivity index is 1.17. The Morgan fingerprint density at radius 2 is 2.00 bits per heavy atom. The molecule has 0 saturated heterocycles. The van der Waals surface area contributed by atoms with Crippen molar-refractivity contribution < 1.29 is 9.59 Å². The van der Waals surface area contributed by atoms with Gasteiger partial charge in [-0.1, -0.05) is 11.6 Å². The van der Waals surface area contributed by atoms with Crippen molar-refractivity contribution in [2.45, 2.75) is 45.1 Å². The van der Waals surface area contributed by atoms with Gasteiger partial charge in [-0.3, -0.25) is 14.3 Å². The van der Waals surface area contributed by atoms with Gasteiger partial charge in [0.25, 0.3) is 0 Å². The Hall–Kier alpha value is -3.78. The minimum Gasteiger partial charge on any atom is -0.306 e. The third-order valence-electron chi connectivity index (χ3n) is 6.50. The molecule has 0 bridgehead atoms. The average molecular weight is 487 g/mol. The van der Waals surface area contributed by atoms with Crippen LogP contribution in [-0.2, 0) is 13.0 Å². The number of aryl methyl sites for hydroxylation is 1. The van der Waals surface area contributed by atoms with E-state index >= 15 is 0 Å². The van der Waals surface area contributed by atoms with Gasteiger partial charge in [0.15, 0.2) is 11.6 Å². The summed E-state index contributed by atoms with van der Waals surface area (Å²) in [6, 6.07) is 5.63. The van der Waals surface area contributed by atoms with Crippen LogP contribution in [0, 0.1) is 0 Å². The molecule has 176 valence electrons. The first-order chi connectivity index (χ1) is 16.9. The van der Waals surface area contributed by atoms with Crippen LogP contribution in [0.25, 0.3) is 11.2 Å². The van der Waals surface area contributed by atoms with Crippen molar-refractivity contribution in [2.24, 2.45) is 0 Å². The molecule has 0 aromatic carbocycles. The number of carbonyl (C=O) groups is 2. The smallest absolute Gasteiger partial charge is 0.166 e. The fraction of sp³-hybridized carbons (Fsp3) is 0.269. The van der Waals surface area contributed by atoms with E-state index in [1.54, 1.807) is 36.4 Å². The Kier molecular flexibility index (Phi) is 5.25. The molecule has 5 heterocycles. The number of rotatable bonds is 8. The second-order valence-corrected chi connectivity index (χ2v) is 9.60. The molecule has 0 atom stereocenters. The van der Waals surface area contributed by atoms with Crippen LogP contribution in [0.4, 0.5) is 0 Å². The Morgan fingerprint density at radius 1 is 1.14 bits per heavy atom. The fourth-order valence-electron chi connectivity index (χ4n) is 4.49. The molecule has 0 radical (unpaired) electrons. The molecular weight excluding hydrogens is 464 g/mol. The molecule has 6 rings (SSSR count). The minimum atomic E-state index is 0.00220. The third kappa shape index (κ3) is 4.25. The molecule has 1 saturated carbocycles. The van der Waals surface area contributed by atoms with E-state index in [0.717, 1.165) is 16.9 Å². The van der Waals surface area contributed by atoms with Crippen LogP contribution in [0.2, 0.25) is 5.02 Å². The van der Waals surface area contributed by atoms with Crippen molar-refractivity contribution in [1.82, 2.24) is 28.5 Å². The number of ketones is 2. The Labute approximate surface area is 206 Å². The predicted octanol–water partition coefficient (Wildman–Crippen LogP) is 4.78. The van der Waals surface area contributed by atoms with Gasteiger partial charge in [-0.2, -0.15) is 5.10 Å². The number of nitrogens with zero attached hydrogens (tertiary/aromatic N) is 6. The number of Topliss-reactive ketones (excluding diaryl/α,β-unsaturated/α-hetero) is 2. The van der Waals surface area contributed by atoms with E-state index in [9.17, 15) is 9.59 Å². The lowest BCUT2D eigenvalue weighted by Crippen LogP contribution is -2.02. The van der Waals surface area contributed by atoms with Crippen LogP contribution in [-0.4, -0.2) is 40.1 Å². The molecule has 8 nitrogen and oxygen atoms in total. The monoisotopic (exact) mass is 486 g/mol. The zero-order chi connectivity index (χ0) is 24.1. The molecule has 0 spiro atoms. The normalized spacial score (nSPS) is 13.7. The summed E-state index contributed by atoms with van der Waals surface area (Å²) in [5, 5.41) is 5.00. The molecule has 1 aliphatic rings. The third-order valence-corrected chi connectivity index (χ3v) is 6.73. The maximum atomic E-state index is 12.8. The summed E-state index contributed by atoms with van der Waals surface area (Å²) in [4.78, 5) is 34.1. The lowest BCUT2D eigenvalue weighted by molar-refractivity contribution is 0.0980. The van der Waals surface area contributed by atoms with E-state index in [2.05, 4.69) is 21.3 Å². The van der Waals surface area contributed by atoms with Crippen LogP contribution >= 0.6 is 11.6 Å². The largest absolute Gasteiger partial charge is 0.306 e. The standard InChI is InChI=1S/C26H23ClN6O2/c1-16(34)22-8-18(17-2-3-17)11-32-13-21(30-26(22)32)14-33-12-19(10-29-33)25(35)5-4-23-24-9-20(27)6-7-31(24)15-28-23/h6-13,15,17H,2-5,14H2,1H3. The Morgan fingerprint density at radius 3 is 2.80 bits per heavy atom. The summed E-state index contributed by atoms with van der Waals surface area (Å²) in [5.74, 6) is 0.553. The van der Waals surface area contributed by atoms with Gasteiger partial charge in [-0.25, -0.2) is 9.97 Å². The second kappa shape index (κ2) is 8.46. The van der Waals surface area contributed by atoms with E-state index in [0.29, 0.717) is 47.1 Å². The minimum absolute atomic E-state index is 0.00220. The number of imidazole rings is 2. The number of fused-ring (bicyclic) bond motifs is 2. The van der Waals surface area contributed by atoms with Crippen LogP contribution < -0.4 is 0 Å².